The number of benzene rings is 2. The van der Waals surface area contributed by atoms with E-state index in [1.54, 1.807) is 24.3 Å². The highest BCUT2D eigenvalue weighted by Crippen LogP contribution is 2.21. The third-order valence-corrected chi connectivity index (χ3v) is 4.50. The number of carbonyl (C=O) groups excluding carboxylic acids is 1. The molecule has 10 heteroatoms. The van der Waals surface area contributed by atoms with Gasteiger partial charge in [0, 0.05) is 24.8 Å². The Kier molecular flexibility index (Phi) is 5.96. The van der Waals surface area contributed by atoms with Crippen LogP contribution in [0, 0.1) is 0 Å². The van der Waals surface area contributed by atoms with Crippen molar-refractivity contribution >= 4 is 11.6 Å². The Labute approximate surface area is 170 Å². The highest BCUT2D eigenvalue weighted by atomic mass is 19.3. The molecular weight excluding hydrogens is 396 g/mol. The van der Waals surface area contributed by atoms with Crippen LogP contribution >= 0.6 is 0 Å². The van der Waals surface area contributed by atoms with E-state index in [2.05, 4.69) is 25.7 Å². The van der Waals surface area contributed by atoms with Crippen LogP contribution in [0.4, 0.5) is 14.5 Å². The summed E-state index contributed by atoms with van der Waals surface area (Å²) < 4.78 is 36.2. The zero-order valence-electron chi connectivity index (χ0n) is 15.8. The molecule has 1 aromatic heterocycles. The number of nitrogens with zero attached hydrogens (tertiary/aromatic N) is 3. The lowest BCUT2D eigenvalue weighted by atomic mass is 10.1. The molecule has 1 aliphatic rings. The molecular formula is C20H19F2N5O3. The topological polar surface area (TPSA) is 90.3 Å². The summed E-state index contributed by atoms with van der Waals surface area (Å²) in [5, 5.41) is 13.8. The fourth-order valence-electron chi connectivity index (χ4n) is 3.05. The average Bonchev–Trinajstić information content (AvgIpc) is 3.25. The van der Waals surface area contributed by atoms with Crippen molar-refractivity contribution in [1.29, 1.82) is 0 Å². The number of nitrogens with one attached hydrogen (secondary N) is 2. The minimum absolute atomic E-state index is 0.00628. The van der Waals surface area contributed by atoms with E-state index in [0.29, 0.717) is 18.0 Å². The van der Waals surface area contributed by atoms with Crippen molar-refractivity contribution in [3.8, 4) is 11.4 Å². The lowest BCUT2D eigenvalue weighted by molar-refractivity contribution is -0.0498. The third kappa shape index (κ3) is 4.78. The molecule has 0 bridgehead atoms. The first-order chi connectivity index (χ1) is 14.6. The van der Waals surface area contributed by atoms with Crippen molar-refractivity contribution in [1.82, 2.24) is 20.3 Å². The van der Waals surface area contributed by atoms with Crippen LogP contribution in [0.15, 0.2) is 54.7 Å². The van der Waals surface area contributed by atoms with E-state index >= 15 is 0 Å². The fourth-order valence-corrected chi connectivity index (χ4v) is 3.05. The second-order valence-corrected chi connectivity index (χ2v) is 6.56. The van der Waals surface area contributed by atoms with Crippen molar-refractivity contribution in [2.45, 2.75) is 12.7 Å². The van der Waals surface area contributed by atoms with Crippen LogP contribution in [0.25, 0.3) is 5.69 Å². The average molecular weight is 415 g/mol. The Morgan fingerprint density at radius 2 is 2.10 bits per heavy atom. The van der Waals surface area contributed by atoms with Crippen molar-refractivity contribution in [3.05, 3.63) is 66.0 Å². The molecule has 30 heavy (non-hydrogen) atoms. The molecule has 0 spiro atoms. The molecule has 1 fully saturated rings. The summed E-state index contributed by atoms with van der Waals surface area (Å²) in [7, 11) is 0. The number of morpholine rings is 1. The van der Waals surface area contributed by atoms with Crippen LogP contribution in [-0.4, -0.2) is 47.2 Å². The first-order valence-corrected chi connectivity index (χ1v) is 9.30. The monoisotopic (exact) mass is 415 g/mol. The smallest absolute Gasteiger partial charge is 0.387 e. The number of anilines is 1. The van der Waals surface area contributed by atoms with Gasteiger partial charge in [-0.2, -0.15) is 8.78 Å². The van der Waals surface area contributed by atoms with Gasteiger partial charge in [-0.15, -0.1) is 5.10 Å². The van der Waals surface area contributed by atoms with E-state index in [4.69, 9.17) is 4.74 Å². The van der Waals surface area contributed by atoms with Gasteiger partial charge in [-0.3, -0.25) is 4.79 Å². The van der Waals surface area contributed by atoms with Gasteiger partial charge in [0.25, 0.3) is 5.91 Å². The highest BCUT2D eigenvalue weighted by Gasteiger charge is 2.16. The van der Waals surface area contributed by atoms with Gasteiger partial charge in [0.15, 0.2) is 5.69 Å². The number of aromatic nitrogens is 3. The van der Waals surface area contributed by atoms with Gasteiger partial charge in [0.05, 0.1) is 24.6 Å². The molecule has 1 amide bonds. The van der Waals surface area contributed by atoms with Gasteiger partial charge in [-0.25, -0.2) is 4.68 Å². The molecule has 1 saturated heterocycles. The molecule has 1 unspecified atom stereocenters. The third-order valence-electron chi connectivity index (χ3n) is 4.50. The molecule has 0 saturated carbocycles. The molecule has 2 aromatic carbocycles. The number of carbonyl (C=O) groups is 1. The molecule has 8 nitrogen and oxygen atoms in total. The summed E-state index contributed by atoms with van der Waals surface area (Å²) >= 11 is 0. The number of alkyl halides is 2. The number of rotatable bonds is 6. The molecule has 2 heterocycles. The Hall–Kier alpha value is -3.37. The number of amides is 1. The maximum absolute atomic E-state index is 12.5. The van der Waals surface area contributed by atoms with E-state index in [9.17, 15) is 13.6 Å². The maximum Gasteiger partial charge on any atom is 0.387 e. The standard InChI is InChI=1S/C20H19F2N5O3/c21-20(22)30-16-3-1-2-15(10-16)27-12-17(25-26-27)19(28)24-14-6-4-13(5-7-14)18-11-23-8-9-29-18/h1-7,10,12,18,20,23H,8-9,11H2,(H,24,28). The Morgan fingerprint density at radius 3 is 2.83 bits per heavy atom. The summed E-state index contributed by atoms with van der Waals surface area (Å²) in [5.74, 6) is -0.453. The van der Waals surface area contributed by atoms with Crippen LogP contribution in [0.1, 0.15) is 22.2 Å². The molecule has 0 radical (unpaired) electrons. The lowest BCUT2D eigenvalue weighted by Crippen LogP contribution is -2.33. The van der Waals surface area contributed by atoms with Gasteiger partial charge in [0.2, 0.25) is 0 Å². The number of halogens is 2. The molecule has 1 aliphatic heterocycles. The predicted molar refractivity (Wildman–Crippen MR) is 104 cm³/mol. The Morgan fingerprint density at radius 1 is 1.27 bits per heavy atom. The largest absolute Gasteiger partial charge is 0.435 e. The van der Waals surface area contributed by atoms with E-state index < -0.39 is 12.5 Å². The summed E-state index contributed by atoms with van der Waals surface area (Å²) in [5.41, 5.74) is 2.15. The Bertz CT molecular complexity index is 1000. The minimum atomic E-state index is -2.93. The number of hydrogen-bond acceptors (Lipinski definition) is 6. The fraction of sp³-hybridized carbons (Fsp3) is 0.250. The summed E-state index contributed by atoms with van der Waals surface area (Å²) in [4.78, 5) is 12.5. The van der Waals surface area contributed by atoms with Crippen LogP contribution in [0.3, 0.4) is 0 Å². The van der Waals surface area contributed by atoms with Crippen LogP contribution in [0.2, 0.25) is 0 Å². The van der Waals surface area contributed by atoms with Crippen molar-refractivity contribution in [2.75, 3.05) is 25.0 Å². The van der Waals surface area contributed by atoms with Crippen LogP contribution < -0.4 is 15.4 Å². The maximum atomic E-state index is 12.5. The van der Waals surface area contributed by atoms with Crippen molar-refractivity contribution in [3.63, 3.8) is 0 Å². The molecule has 4 rings (SSSR count). The van der Waals surface area contributed by atoms with E-state index in [-0.39, 0.29) is 17.5 Å². The summed E-state index contributed by atoms with van der Waals surface area (Å²) in [6.45, 7) is -0.673. The molecule has 2 N–H and O–H groups in total. The zero-order chi connectivity index (χ0) is 20.9. The van der Waals surface area contributed by atoms with Gasteiger partial charge < -0.3 is 20.1 Å². The van der Waals surface area contributed by atoms with Gasteiger partial charge in [0.1, 0.15) is 5.75 Å². The number of hydrogen-bond donors (Lipinski definition) is 2. The van der Waals surface area contributed by atoms with E-state index in [1.165, 1.54) is 23.0 Å². The van der Waals surface area contributed by atoms with Gasteiger partial charge in [-0.05, 0) is 29.8 Å². The van der Waals surface area contributed by atoms with Crippen molar-refractivity contribution < 1.29 is 23.0 Å². The Balaban J connectivity index is 1.42. The molecule has 3 aromatic rings. The van der Waals surface area contributed by atoms with E-state index in [1.807, 2.05) is 12.1 Å². The second kappa shape index (κ2) is 8.97. The predicted octanol–water partition coefficient (Wildman–Crippen LogP) is 2.78. The van der Waals surface area contributed by atoms with E-state index in [0.717, 1.165) is 18.7 Å². The lowest BCUT2D eigenvalue weighted by Gasteiger charge is -2.24. The molecule has 156 valence electrons. The first-order valence-electron chi connectivity index (χ1n) is 9.30. The molecule has 1 atom stereocenters. The quantitative estimate of drug-likeness (QED) is 0.644. The molecule has 0 aliphatic carbocycles. The summed E-state index contributed by atoms with van der Waals surface area (Å²) in [6, 6.07) is 13.3. The zero-order valence-corrected chi connectivity index (χ0v) is 15.8. The van der Waals surface area contributed by atoms with Gasteiger partial charge >= 0.3 is 6.61 Å². The SMILES string of the molecule is O=C(Nc1ccc(C2CNCCO2)cc1)c1cn(-c2cccc(OC(F)F)c2)nn1. The van der Waals surface area contributed by atoms with Crippen LogP contribution in [0.5, 0.6) is 5.75 Å². The minimum Gasteiger partial charge on any atom is -0.435 e. The van der Waals surface area contributed by atoms with Crippen molar-refractivity contribution in [2.24, 2.45) is 0 Å². The van der Waals surface area contributed by atoms with Gasteiger partial charge in [-0.1, -0.05) is 23.4 Å². The summed E-state index contributed by atoms with van der Waals surface area (Å²) in [6.07, 6.45) is 1.40. The highest BCUT2D eigenvalue weighted by molar-refractivity contribution is 6.02. The number of ether oxygens (including phenoxy) is 2. The van der Waals surface area contributed by atoms with Crippen LogP contribution in [-0.2, 0) is 4.74 Å². The normalized spacial score (nSPS) is 16.4. The second-order valence-electron chi connectivity index (χ2n) is 6.56. The first kappa shape index (κ1) is 19.9.